The molecule has 30 heavy (non-hydrogen) atoms. The van der Waals surface area contributed by atoms with E-state index in [-0.39, 0.29) is 17.9 Å². The van der Waals surface area contributed by atoms with E-state index in [1.54, 1.807) is 0 Å². The Morgan fingerprint density at radius 1 is 1.17 bits per heavy atom. The monoisotopic (exact) mass is 443 g/mol. The van der Waals surface area contributed by atoms with E-state index in [9.17, 15) is 9.59 Å². The lowest BCUT2D eigenvalue weighted by atomic mass is 10.1. The van der Waals surface area contributed by atoms with Crippen LogP contribution in [0.5, 0.6) is 0 Å². The van der Waals surface area contributed by atoms with Crippen molar-refractivity contribution in [3.8, 4) is 0 Å². The van der Waals surface area contributed by atoms with E-state index in [4.69, 9.17) is 0 Å². The largest absolute Gasteiger partial charge is 0.350 e. The average Bonchev–Trinajstić information content (AvgIpc) is 3.47. The smallest absolute Gasteiger partial charge is 0.252 e. The summed E-state index contributed by atoms with van der Waals surface area (Å²) in [5, 5.41) is 5.28. The van der Waals surface area contributed by atoms with Crippen LogP contribution in [0.4, 0.5) is 0 Å². The number of hydrogen-bond donors (Lipinski definition) is 1. The van der Waals surface area contributed by atoms with E-state index < -0.39 is 0 Å². The molecule has 1 aromatic carbocycles. The average molecular weight is 444 g/mol. The second-order valence-electron chi connectivity index (χ2n) is 8.02. The Bertz CT molecular complexity index is 892. The summed E-state index contributed by atoms with van der Waals surface area (Å²) in [4.78, 5) is 32.0. The number of nitrogens with zero attached hydrogens (tertiary/aromatic N) is 2. The van der Waals surface area contributed by atoms with Gasteiger partial charge in [0.2, 0.25) is 5.91 Å². The molecule has 2 amide bonds. The third kappa shape index (κ3) is 5.07. The second-order valence-corrected chi connectivity index (χ2v) is 10.0. The molecular weight excluding hydrogens is 414 g/mol. The number of thioether (sulfide) groups is 1. The summed E-state index contributed by atoms with van der Waals surface area (Å²) in [7, 11) is 0. The quantitative estimate of drug-likeness (QED) is 0.664. The van der Waals surface area contributed by atoms with Gasteiger partial charge in [0, 0.05) is 48.5 Å². The lowest BCUT2D eigenvalue weighted by molar-refractivity contribution is -0.127. The molecule has 1 atom stereocenters. The van der Waals surface area contributed by atoms with Crippen molar-refractivity contribution in [1.29, 1.82) is 0 Å². The lowest BCUT2D eigenvalue weighted by Gasteiger charge is -2.32. The van der Waals surface area contributed by atoms with Crippen LogP contribution in [0.1, 0.15) is 40.6 Å². The number of carbonyl (C=O) groups is 2. The van der Waals surface area contributed by atoms with E-state index in [2.05, 4.69) is 28.6 Å². The number of benzene rings is 1. The molecule has 3 heterocycles. The van der Waals surface area contributed by atoms with Crippen LogP contribution in [0.2, 0.25) is 0 Å². The molecule has 1 aromatic heterocycles. The van der Waals surface area contributed by atoms with Crippen LogP contribution in [0.25, 0.3) is 0 Å². The van der Waals surface area contributed by atoms with Gasteiger partial charge in [-0.05, 0) is 55.3 Å². The highest BCUT2D eigenvalue weighted by molar-refractivity contribution is 8.00. The van der Waals surface area contributed by atoms with Gasteiger partial charge >= 0.3 is 0 Å². The summed E-state index contributed by atoms with van der Waals surface area (Å²) in [5.74, 6) is 0.489. The molecule has 0 saturated carbocycles. The molecule has 0 spiro atoms. The first-order valence-electron chi connectivity index (χ1n) is 10.7. The number of carbonyl (C=O) groups excluding carboxylic acids is 2. The normalized spacial score (nSPS) is 17.6. The molecule has 0 bridgehead atoms. The maximum absolute atomic E-state index is 12.9. The van der Waals surface area contributed by atoms with Crippen LogP contribution in [0, 0.1) is 0 Å². The third-order valence-corrected chi connectivity index (χ3v) is 8.04. The minimum Gasteiger partial charge on any atom is -0.350 e. The van der Waals surface area contributed by atoms with Gasteiger partial charge in [-0.2, -0.15) is 0 Å². The number of likely N-dealkylation sites (tertiary alicyclic amines) is 1. The van der Waals surface area contributed by atoms with Crippen molar-refractivity contribution in [3.63, 3.8) is 0 Å². The fourth-order valence-electron chi connectivity index (χ4n) is 4.09. The zero-order chi connectivity index (χ0) is 20.9. The van der Waals surface area contributed by atoms with Gasteiger partial charge in [-0.15, -0.1) is 23.1 Å². The first-order chi connectivity index (χ1) is 14.6. The zero-order valence-corrected chi connectivity index (χ0v) is 19.1. The van der Waals surface area contributed by atoms with Crippen molar-refractivity contribution >= 4 is 34.9 Å². The molecule has 160 valence electrons. The highest BCUT2D eigenvalue weighted by Gasteiger charge is 2.23. The molecule has 0 radical (unpaired) electrons. The summed E-state index contributed by atoms with van der Waals surface area (Å²) < 4.78 is 0. The number of rotatable bonds is 7. The van der Waals surface area contributed by atoms with Crippen molar-refractivity contribution in [2.75, 3.05) is 31.9 Å². The first kappa shape index (κ1) is 21.4. The molecule has 7 heteroatoms. The van der Waals surface area contributed by atoms with Gasteiger partial charge in [0.1, 0.15) is 0 Å². The van der Waals surface area contributed by atoms with Gasteiger partial charge in [0.25, 0.3) is 5.91 Å². The van der Waals surface area contributed by atoms with Gasteiger partial charge < -0.3 is 10.2 Å². The Kier molecular flexibility index (Phi) is 7.12. The van der Waals surface area contributed by atoms with Crippen molar-refractivity contribution in [3.05, 3.63) is 51.7 Å². The molecule has 1 fully saturated rings. The molecule has 1 unspecified atom stereocenters. The Balaban J connectivity index is 1.30. The number of thiophene rings is 1. The predicted molar refractivity (Wildman–Crippen MR) is 123 cm³/mol. The van der Waals surface area contributed by atoms with Gasteiger partial charge in [-0.1, -0.05) is 12.1 Å². The fourth-order valence-corrected chi connectivity index (χ4v) is 5.93. The lowest BCUT2D eigenvalue weighted by Crippen LogP contribution is -2.44. The van der Waals surface area contributed by atoms with Gasteiger partial charge in [-0.25, -0.2) is 0 Å². The molecule has 2 aliphatic heterocycles. The molecule has 2 aliphatic rings. The van der Waals surface area contributed by atoms with Crippen LogP contribution < -0.4 is 5.32 Å². The van der Waals surface area contributed by atoms with E-state index in [1.165, 1.54) is 22.2 Å². The van der Waals surface area contributed by atoms with Gasteiger partial charge in [0.05, 0.1) is 11.3 Å². The van der Waals surface area contributed by atoms with Gasteiger partial charge in [-0.3, -0.25) is 14.5 Å². The minimum atomic E-state index is -0.0631. The van der Waals surface area contributed by atoms with Crippen LogP contribution in [-0.2, 0) is 17.8 Å². The summed E-state index contributed by atoms with van der Waals surface area (Å²) in [6, 6.07) is 10.1. The minimum absolute atomic E-state index is 0.0631. The zero-order valence-electron chi connectivity index (χ0n) is 17.4. The first-order valence-corrected chi connectivity index (χ1v) is 12.6. The molecule has 1 saturated heterocycles. The summed E-state index contributed by atoms with van der Waals surface area (Å²) in [5.41, 5.74) is 2.08. The van der Waals surface area contributed by atoms with E-state index >= 15 is 0 Å². The number of hydrogen-bond acceptors (Lipinski definition) is 5. The third-order valence-electron chi connectivity index (χ3n) is 5.96. The Morgan fingerprint density at radius 2 is 1.97 bits per heavy atom. The number of amides is 2. The van der Waals surface area contributed by atoms with Crippen LogP contribution >= 0.6 is 23.1 Å². The summed E-state index contributed by atoms with van der Waals surface area (Å²) >= 11 is 3.31. The van der Waals surface area contributed by atoms with Crippen molar-refractivity contribution < 1.29 is 9.59 Å². The number of nitrogens with one attached hydrogen (secondary N) is 1. The topological polar surface area (TPSA) is 52.7 Å². The molecule has 0 aliphatic carbocycles. The standard InChI is InChI=1S/C23H29N3O2S2/c1-17(26-12-8-20-18(15-26)9-13-29-20)14-24-23(28)19-6-2-3-7-21(19)30-16-22(27)25-10-4-5-11-25/h2-3,6-7,9,13,17H,4-5,8,10-12,14-16H2,1H3,(H,24,28). The Morgan fingerprint density at radius 3 is 2.80 bits per heavy atom. The molecule has 1 N–H and O–H groups in total. The van der Waals surface area contributed by atoms with Gasteiger partial charge in [0.15, 0.2) is 0 Å². The fraction of sp³-hybridized carbons (Fsp3) is 0.478. The SMILES string of the molecule is CC(CNC(=O)c1ccccc1SCC(=O)N1CCCC1)N1CCc2sccc2C1. The highest BCUT2D eigenvalue weighted by Crippen LogP contribution is 2.26. The summed E-state index contributed by atoms with van der Waals surface area (Å²) in [6.45, 7) is 6.51. The highest BCUT2D eigenvalue weighted by atomic mass is 32.2. The molecule has 2 aromatic rings. The molecule has 4 rings (SSSR count). The van der Waals surface area contributed by atoms with Crippen molar-refractivity contribution in [2.24, 2.45) is 0 Å². The second kappa shape index (κ2) is 9.98. The molecular formula is C23H29N3O2S2. The summed E-state index contributed by atoms with van der Waals surface area (Å²) in [6.07, 6.45) is 3.28. The van der Waals surface area contributed by atoms with E-state index in [1.807, 2.05) is 40.5 Å². The van der Waals surface area contributed by atoms with Crippen LogP contribution in [-0.4, -0.2) is 59.6 Å². The van der Waals surface area contributed by atoms with E-state index in [0.29, 0.717) is 17.9 Å². The number of fused-ring (bicyclic) bond motifs is 1. The Labute approximate surface area is 186 Å². The van der Waals surface area contributed by atoms with Crippen molar-refractivity contribution in [2.45, 2.75) is 43.7 Å². The maximum Gasteiger partial charge on any atom is 0.252 e. The van der Waals surface area contributed by atoms with E-state index in [0.717, 1.165) is 50.3 Å². The van der Waals surface area contributed by atoms with Crippen molar-refractivity contribution in [1.82, 2.24) is 15.1 Å². The van der Waals surface area contributed by atoms with Crippen LogP contribution in [0.15, 0.2) is 40.6 Å². The Hall–Kier alpha value is -1.83. The predicted octanol–water partition coefficient (Wildman–Crippen LogP) is 3.64. The molecule has 5 nitrogen and oxygen atoms in total. The maximum atomic E-state index is 12.9. The van der Waals surface area contributed by atoms with Crippen LogP contribution in [0.3, 0.4) is 0 Å².